The van der Waals surface area contributed by atoms with Crippen molar-refractivity contribution in [2.45, 2.75) is 32.8 Å². The van der Waals surface area contributed by atoms with Crippen molar-refractivity contribution in [3.8, 4) is 0 Å². The summed E-state index contributed by atoms with van der Waals surface area (Å²) >= 11 is 0. The first-order chi connectivity index (χ1) is 5.70. The van der Waals surface area contributed by atoms with Gasteiger partial charge in [0.1, 0.15) is 11.9 Å². The minimum Gasteiger partial charge on any atom is -0.391 e. The molecule has 1 fully saturated rings. The van der Waals surface area contributed by atoms with Crippen molar-refractivity contribution in [1.82, 2.24) is 0 Å². The fourth-order valence-corrected chi connectivity index (χ4v) is 2.01. The Hall–Kier alpha value is -0.860. The van der Waals surface area contributed by atoms with Crippen molar-refractivity contribution in [1.29, 1.82) is 0 Å². The molecule has 1 aliphatic heterocycles. The molecule has 3 atom stereocenters. The fraction of sp³-hybridized carbons (Fsp3) is 0.778. The Morgan fingerprint density at radius 2 is 2.25 bits per heavy atom. The number of carbonyl (C=O) groups is 1. The summed E-state index contributed by atoms with van der Waals surface area (Å²) < 4.78 is 0. The maximum atomic E-state index is 11.7. The molecule has 1 saturated carbocycles. The summed E-state index contributed by atoms with van der Waals surface area (Å²) in [5, 5.41) is 3.86. The average molecular weight is 167 g/mol. The van der Waals surface area contributed by atoms with Crippen LogP contribution in [-0.4, -0.2) is 17.6 Å². The second kappa shape index (κ2) is 2.57. The van der Waals surface area contributed by atoms with Crippen LogP contribution < -0.4 is 0 Å². The van der Waals surface area contributed by atoms with E-state index in [4.69, 9.17) is 4.84 Å². The van der Waals surface area contributed by atoms with E-state index in [1.807, 2.05) is 13.8 Å². The third-order valence-electron chi connectivity index (χ3n) is 2.83. The highest BCUT2D eigenvalue weighted by Crippen LogP contribution is 2.32. The number of Topliss-reactive ketones (excluding diaryl/α,β-unsaturated/α-hetero) is 1. The molecule has 0 N–H and O–H groups in total. The lowest BCUT2D eigenvalue weighted by molar-refractivity contribution is -0.130. The van der Waals surface area contributed by atoms with Gasteiger partial charge >= 0.3 is 0 Å². The first-order valence-electron chi connectivity index (χ1n) is 4.44. The summed E-state index contributed by atoms with van der Waals surface area (Å²) in [5.74, 6) is 0.469. The molecule has 1 aliphatic carbocycles. The lowest BCUT2D eigenvalue weighted by atomic mass is 9.77. The van der Waals surface area contributed by atoms with Crippen LogP contribution in [0, 0.1) is 11.8 Å². The van der Waals surface area contributed by atoms with Crippen molar-refractivity contribution in [2.24, 2.45) is 17.0 Å². The van der Waals surface area contributed by atoms with Crippen molar-refractivity contribution < 1.29 is 9.63 Å². The van der Waals surface area contributed by atoms with Crippen LogP contribution in [-0.2, 0) is 9.63 Å². The molecule has 66 valence electrons. The maximum absolute atomic E-state index is 11.7. The molecule has 12 heavy (non-hydrogen) atoms. The molecule has 0 spiro atoms. The molecule has 3 nitrogen and oxygen atoms in total. The van der Waals surface area contributed by atoms with Gasteiger partial charge in [0, 0.05) is 5.92 Å². The van der Waals surface area contributed by atoms with E-state index < -0.39 is 0 Å². The Morgan fingerprint density at radius 3 is 3.00 bits per heavy atom. The Morgan fingerprint density at radius 1 is 1.50 bits per heavy atom. The first kappa shape index (κ1) is 7.77. The van der Waals surface area contributed by atoms with Crippen LogP contribution in [0.25, 0.3) is 0 Å². The summed E-state index contributed by atoms with van der Waals surface area (Å²) in [6.07, 6.45) is 1.97. The van der Waals surface area contributed by atoms with E-state index in [1.165, 1.54) is 0 Å². The van der Waals surface area contributed by atoms with Crippen molar-refractivity contribution in [3.05, 3.63) is 0 Å². The van der Waals surface area contributed by atoms with Crippen molar-refractivity contribution >= 4 is 11.5 Å². The van der Waals surface area contributed by atoms with Crippen LogP contribution >= 0.6 is 0 Å². The largest absolute Gasteiger partial charge is 0.391 e. The van der Waals surface area contributed by atoms with E-state index in [2.05, 4.69) is 5.16 Å². The number of hydrogen-bond donors (Lipinski definition) is 0. The second-order valence-electron chi connectivity index (χ2n) is 3.73. The number of fused-ring (bicyclic) bond motifs is 1. The number of rotatable bonds is 0. The van der Waals surface area contributed by atoms with Gasteiger partial charge in [0.25, 0.3) is 0 Å². The minimum atomic E-state index is -0.0336. The zero-order chi connectivity index (χ0) is 8.72. The molecule has 0 amide bonds. The zero-order valence-electron chi connectivity index (χ0n) is 7.41. The monoisotopic (exact) mass is 167 g/mol. The van der Waals surface area contributed by atoms with E-state index in [0.717, 1.165) is 18.6 Å². The van der Waals surface area contributed by atoms with Crippen LogP contribution in [0.3, 0.4) is 0 Å². The van der Waals surface area contributed by atoms with Gasteiger partial charge in [-0.05, 0) is 19.8 Å². The Labute approximate surface area is 71.8 Å². The van der Waals surface area contributed by atoms with E-state index >= 15 is 0 Å². The normalized spacial score (nSPS) is 40.3. The van der Waals surface area contributed by atoms with Gasteiger partial charge in [-0.25, -0.2) is 0 Å². The average Bonchev–Trinajstić information content (AvgIpc) is 2.41. The quantitative estimate of drug-likeness (QED) is 0.546. The third-order valence-corrected chi connectivity index (χ3v) is 2.83. The molecule has 0 saturated heterocycles. The van der Waals surface area contributed by atoms with Crippen LogP contribution in [0.2, 0.25) is 0 Å². The van der Waals surface area contributed by atoms with Crippen molar-refractivity contribution in [3.63, 3.8) is 0 Å². The molecule has 0 bridgehead atoms. The van der Waals surface area contributed by atoms with E-state index in [-0.39, 0.29) is 17.9 Å². The summed E-state index contributed by atoms with van der Waals surface area (Å²) in [6.45, 7) is 3.87. The third kappa shape index (κ3) is 0.958. The highest BCUT2D eigenvalue weighted by atomic mass is 16.6. The van der Waals surface area contributed by atoms with Crippen LogP contribution in [0.5, 0.6) is 0 Å². The molecule has 3 heteroatoms. The molecule has 1 unspecified atom stereocenters. The Balaban J connectivity index is 2.22. The number of nitrogens with zero attached hydrogens (tertiary/aromatic N) is 1. The lowest BCUT2D eigenvalue weighted by Crippen LogP contribution is -2.38. The smallest absolute Gasteiger partial charge is 0.148 e. The molecular weight excluding hydrogens is 154 g/mol. The van der Waals surface area contributed by atoms with E-state index in [1.54, 1.807) is 0 Å². The predicted molar refractivity (Wildman–Crippen MR) is 44.9 cm³/mol. The van der Waals surface area contributed by atoms with Crippen molar-refractivity contribution in [2.75, 3.05) is 0 Å². The topological polar surface area (TPSA) is 38.7 Å². The number of hydrogen-bond acceptors (Lipinski definition) is 3. The van der Waals surface area contributed by atoms with Gasteiger partial charge in [-0.15, -0.1) is 0 Å². The standard InChI is InChI=1S/C9H13NO2/c1-5-3-4-7-8(9(5)11)6(2)10-12-7/h5,7-8H,3-4H2,1-2H3/t5?,7-,8-/m1/s1. The van der Waals surface area contributed by atoms with Gasteiger partial charge < -0.3 is 4.84 Å². The first-order valence-corrected chi connectivity index (χ1v) is 4.44. The van der Waals surface area contributed by atoms with E-state index in [0.29, 0.717) is 5.78 Å². The highest BCUT2D eigenvalue weighted by Gasteiger charge is 2.42. The minimum absolute atomic E-state index is 0.0336. The summed E-state index contributed by atoms with van der Waals surface area (Å²) in [5.41, 5.74) is 0.858. The summed E-state index contributed by atoms with van der Waals surface area (Å²) in [7, 11) is 0. The van der Waals surface area contributed by atoms with E-state index in [9.17, 15) is 4.79 Å². The fourth-order valence-electron chi connectivity index (χ4n) is 2.01. The number of oxime groups is 1. The Kier molecular flexibility index (Phi) is 1.67. The molecule has 0 aromatic carbocycles. The molecule has 2 aliphatic rings. The molecule has 1 heterocycles. The number of ketones is 1. The molecule has 0 aromatic heterocycles. The molecule has 0 radical (unpaired) electrons. The molecule has 0 aromatic rings. The maximum Gasteiger partial charge on any atom is 0.148 e. The van der Waals surface area contributed by atoms with Crippen LogP contribution in [0.4, 0.5) is 0 Å². The van der Waals surface area contributed by atoms with Gasteiger partial charge in [0.05, 0.1) is 11.6 Å². The van der Waals surface area contributed by atoms with Gasteiger partial charge in [-0.3, -0.25) is 4.79 Å². The van der Waals surface area contributed by atoms with Crippen LogP contribution in [0.15, 0.2) is 5.16 Å². The zero-order valence-corrected chi connectivity index (χ0v) is 7.41. The Bertz CT molecular complexity index is 247. The number of carbonyl (C=O) groups excluding carboxylic acids is 1. The highest BCUT2D eigenvalue weighted by molar-refractivity contribution is 6.06. The molecular formula is C9H13NO2. The van der Waals surface area contributed by atoms with Gasteiger partial charge in [0.15, 0.2) is 0 Å². The summed E-state index contributed by atoms with van der Waals surface area (Å²) in [6, 6.07) is 0. The van der Waals surface area contributed by atoms with Gasteiger partial charge in [-0.2, -0.15) is 0 Å². The second-order valence-corrected chi connectivity index (χ2v) is 3.73. The van der Waals surface area contributed by atoms with Gasteiger partial charge in [-0.1, -0.05) is 12.1 Å². The summed E-state index contributed by atoms with van der Waals surface area (Å²) in [4.78, 5) is 16.8. The van der Waals surface area contributed by atoms with Crippen LogP contribution in [0.1, 0.15) is 26.7 Å². The SMILES string of the molecule is CC1=NO[C@@H]2CCC(C)C(=O)[C@H]12. The lowest BCUT2D eigenvalue weighted by Gasteiger charge is -2.26. The predicted octanol–water partition coefficient (Wildman–Crippen LogP) is 1.38. The molecule has 2 rings (SSSR count). The van der Waals surface area contributed by atoms with Gasteiger partial charge in [0.2, 0.25) is 0 Å².